The monoisotopic (exact) mass is 311 g/mol. The summed E-state index contributed by atoms with van der Waals surface area (Å²) >= 11 is 0. The zero-order valence-corrected chi connectivity index (χ0v) is 13.8. The van der Waals surface area contributed by atoms with Crippen molar-refractivity contribution >= 4 is 11.5 Å². The van der Waals surface area contributed by atoms with Crippen molar-refractivity contribution in [3.05, 3.63) is 35.7 Å². The molecule has 1 saturated heterocycles. The molecule has 0 aromatic carbocycles. The van der Waals surface area contributed by atoms with E-state index in [4.69, 9.17) is 14.5 Å². The predicted octanol–water partition coefficient (Wildman–Crippen LogP) is 2.36. The fraction of sp³-hybridized carbons (Fsp3) is 0.412. The van der Waals surface area contributed by atoms with Crippen molar-refractivity contribution in [2.45, 2.75) is 13.8 Å². The van der Waals surface area contributed by atoms with Gasteiger partial charge in [0.25, 0.3) is 0 Å². The summed E-state index contributed by atoms with van der Waals surface area (Å²) in [5.41, 5.74) is 3.93. The number of anilines is 1. The van der Waals surface area contributed by atoms with E-state index in [0.29, 0.717) is 0 Å². The summed E-state index contributed by atoms with van der Waals surface area (Å²) in [7, 11) is 2.17. The van der Waals surface area contributed by atoms with Crippen LogP contribution in [0.3, 0.4) is 0 Å². The van der Waals surface area contributed by atoms with E-state index in [1.807, 2.05) is 22.7 Å². The Labute approximate surface area is 135 Å². The maximum atomic E-state index is 5.49. The minimum absolute atomic E-state index is 0.773. The zero-order chi connectivity index (χ0) is 16.0. The molecule has 1 aliphatic heterocycles. The number of furan rings is 1. The number of likely N-dealkylation sites (N-methyl/N-ethyl adjacent to an activating group) is 1. The Kier molecular flexibility index (Phi) is 3.34. The van der Waals surface area contributed by atoms with E-state index in [1.54, 1.807) is 6.26 Å². The number of hydrogen-bond donors (Lipinski definition) is 0. The molecule has 1 fully saturated rings. The molecule has 0 aliphatic carbocycles. The second-order valence-corrected chi connectivity index (χ2v) is 6.21. The Morgan fingerprint density at radius 2 is 1.91 bits per heavy atom. The smallest absolute Gasteiger partial charge is 0.158 e. The Bertz CT molecular complexity index is 828. The molecule has 0 amide bonds. The summed E-state index contributed by atoms with van der Waals surface area (Å²) in [6.07, 6.45) is 1.67. The third-order valence-electron chi connectivity index (χ3n) is 4.63. The fourth-order valence-corrected chi connectivity index (χ4v) is 3.12. The average Bonchev–Trinajstić information content (AvgIpc) is 3.19. The molecule has 0 atom stereocenters. The summed E-state index contributed by atoms with van der Waals surface area (Å²) in [5, 5.41) is 4.76. The minimum Gasteiger partial charge on any atom is -0.463 e. The van der Waals surface area contributed by atoms with Crippen molar-refractivity contribution in [2.75, 3.05) is 38.1 Å². The predicted molar refractivity (Wildman–Crippen MR) is 89.9 cm³/mol. The first kappa shape index (κ1) is 14.3. The normalized spacial score (nSPS) is 16.4. The molecule has 120 valence electrons. The molecule has 6 nitrogen and oxygen atoms in total. The number of hydrogen-bond acceptors (Lipinski definition) is 5. The highest BCUT2D eigenvalue weighted by molar-refractivity contribution is 5.64. The van der Waals surface area contributed by atoms with Gasteiger partial charge in [-0.25, -0.2) is 4.98 Å². The van der Waals surface area contributed by atoms with Crippen molar-refractivity contribution in [1.82, 2.24) is 19.5 Å². The van der Waals surface area contributed by atoms with Gasteiger partial charge in [0.1, 0.15) is 11.5 Å². The zero-order valence-electron chi connectivity index (χ0n) is 13.8. The van der Waals surface area contributed by atoms with Gasteiger partial charge in [-0.05, 0) is 33.0 Å². The molecule has 23 heavy (non-hydrogen) atoms. The summed E-state index contributed by atoms with van der Waals surface area (Å²) in [4.78, 5) is 9.47. The van der Waals surface area contributed by atoms with Crippen molar-refractivity contribution in [2.24, 2.45) is 0 Å². The number of piperazine rings is 1. The highest BCUT2D eigenvalue weighted by Crippen LogP contribution is 2.27. The van der Waals surface area contributed by atoms with E-state index in [9.17, 15) is 0 Å². The molecule has 4 rings (SSSR count). The van der Waals surface area contributed by atoms with E-state index < -0.39 is 0 Å². The first-order valence-corrected chi connectivity index (χ1v) is 7.98. The van der Waals surface area contributed by atoms with E-state index >= 15 is 0 Å². The molecule has 6 heteroatoms. The maximum Gasteiger partial charge on any atom is 0.158 e. The van der Waals surface area contributed by atoms with E-state index in [0.717, 1.165) is 54.8 Å². The highest BCUT2D eigenvalue weighted by Gasteiger charge is 2.22. The Morgan fingerprint density at radius 3 is 2.61 bits per heavy atom. The molecule has 3 aromatic rings. The number of nitrogens with zero attached hydrogens (tertiary/aromatic N) is 5. The lowest BCUT2D eigenvalue weighted by atomic mass is 10.2. The number of aryl methyl sites for hydroxylation is 1. The molecular formula is C17H21N5O. The lowest BCUT2D eigenvalue weighted by Crippen LogP contribution is -2.45. The van der Waals surface area contributed by atoms with E-state index in [1.165, 1.54) is 5.56 Å². The van der Waals surface area contributed by atoms with E-state index in [2.05, 4.69) is 30.7 Å². The minimum atomic E-state index is 0.773. The van der Waals surface area contributed by atoms with Crippen LogP contribution in [0.15, 0.2) is 28.9 Å². The van der Waals surface area contributed by atoms with Gasteiger partial charge in [-0.2, -0.15) is 9.61 Å². The lowest BCUT2D eigenvalue weighted by molar-refractivity contribution is 0.311. The Hall–Kier alpha value is -2.34. The quantitative estimate of drug-likeness (QED) is 0.727. The van der Waals surface area contributed by atoms with Crippen molar-refractivity contribution in [1.29, 1.82) is 0 Å². The molecule has 4 heterocycles. The standard InChI is InChI=1S/C17H21N5O/c1-12-13(2)18-16-11-14(15-5-4-10-23-15)19-22(16)17(12)21-8-6-20(3)7-9-21/h4-5,10-11H,6-9H2,1-3H3. The van der Waals surface area contributed by atoms with Gasteiger partial charge in [0.2, 0.25) is 0 Å². The van der Waals surface area contributed by atoms with Crippen LogP contribution in [0.1, 0.15) is 11.3 Å². The van der Waals surface area contributed by atoms with Crippen LogP contribution in [0.2, 0.25) is 0 Å². The SMILES string of the molecule is Cc1nc2cc(-c3ccco3)nn2c(N2CCN(C)CC2)c1C. The van der Waals surface area contributed by atoms with E-state index in [-0.39, 0.29) is 0 Å². The summed E-state index contributed by atoms with van der Waals surface area (Å²) < 4.78 is 7.45. The van der Waals surface area contributed by atoms with Crippen LogP contribution >= 0.6 is 0 Å². The van der Waals surface area contributed by atoms with Gasteiger partial charge >= 0.3 is 0 Å². The topological polar surface area (TPSA) is 49.8 Å². The van der Waals surface area contributed by atoms with Gasteiger partial charge in [0.05, 0.1) is 6.26 Å². The van der Waals surface area contributed by atoms with Crippen LogP contribution in [0.4, 0.5) is 5.82 Å². The van der Waals surface area contributed by atoms with Gasteiger partial charge in [0.15, 0.2) is 11.4 Å². The maximum absolute atomic E-state index is 5.49. The van der Waals surface area contributed by atoms with Crippen LogP contribution < -0.4 is 4.90 Å². The molecule has 3 aromatic heterocycles. The second kappa shape index (κ2) is 5.38. The third-order valence-corrected chi connectivity index (χ3v) is 4.63. The largest absolute Gasteiger partial charge is 0.463 e. The molecule has 0 unspecified atom stereocenters. The van der Waals surface area contributed by atoms with Gasteiger partial charge in [-0.3, -0.25) is 0 Å². The summed E-state index contributed by atoms with van der Waals surface area (Å²) in [6, 6.07) is 5.80. The fourth-order valence-electron chi connectivity index (χ4n) is 3.12. The van der Waals surface area contributed by atoms with Crippen LogP contribution in [-0.4, -0.2) is 52.7 Å². The van der Waals surface area contributed by atoms with Crippen molar-refractivity contribution in [3.8, 4) is 11.5 Å². The molecule has 0 saturated carbocycles. The van der Waals surface area contributed by atoms with Gasteiger partial charge in [0, 0.05) is 43.5 Å². The number of aromatic nitrogens is 3. The first-order chi connectivity index (χ1) is 11.1. The van der Waals surface area contributed by atoms with Crippen molar-refractivity contribution < 1.29 is 4.42 Å². The first-order valence-electron chi connectivity index (χ1n) is 7.98. The third kappa shape index (κ3) is 2.39. The molecule has 0 bridgehead atoms. The highest BCUT2D eigenvalue weighted by atomic mass is 16.3. The molecule has 0 N–H and O–H groups in total. The van der Waals surface area contributed by atoms with Crippen LogP contribution in [0.25, 0.3) is 17.1 Å². The van der Waals surface area contributed by atoms with Crippen LogP contribution in [0, 0.1) is 13.8 Å². The average molecular weight is 311 g/mol. The molecule has 1 aliphatic rings. The van der Waals surface area contributed by atoms with Gasteiger partial charge < -0.3 is 14.2 Å². The molecule has 0 spiro atoms. The summed E-state index contributed by atoms with van der Waals surface area (Å²) in [6.45, 7) is 8.33. The van der Waals surface area contributed by atoms with Gasteiger partial charge in [-0.1, -0.05) is 0 Å². The summed E-state index contributed by atoms with van der Waals surface area (Å²) in [5.74, 6) is 1.92. The number of rotatable bonds is 2. The molecular weight excluding hydrogens is 290 g/mol. The molecule has 0 radical (unpaired) electrons. The second-order valence-electron chi connectivity index (χ2n) is 6.21. The Morgan fingerprint density at radius 1 is 1.13 bits per heavy atom. The van der Waals surface area contributed by atoms with Crippen molar-refractivity contribution in [3.63, 3.8) is 0 Å². The van der Waals surface area contributed by atoms with Gasteiger partial charge in [-0.15, -0.1) is 0 Å². The van der Waals surface area contributed by atoms with Crippen LogP contribution in [0.5, 0.6) is 0 Å². The Balaban J connectivity index is 1.86. The lowest BCUT2D eigenvalue weighted by Gasteiger charge is -2.34. The number of fused-ring (bicyclic) bond motifs is 1. The van der Waals surface area contributed by atoms with Crippen LogP contribution in [-0.2, 0) is 0 Å².